The molecule has 32 heavy (non-hydrogen) atoms. The molecule has 0 spiro atoms. The van der Waals surface area contributed by atoms with Crippen molar-refractivity contribution < 1.29 is 19.5 Å². The van der Waals surface area contributed by atoms with Crippen molar-refractivity contribution in [3.8, 4) is 0 Å². The molecule has 1 heterocycles. The Morgan fingerprint density at radius 1 is 1.12 bits per heavy atom. The van der Waals surface area contributed by atoms with E-state index in [4.69, 9.17) is 5.84 Å². The van der Waals surface area contributed by atoms with Crippen LogP contribution in [-0.4, -0.2) is 46.8 Å². The number of hydrogen-bond acceptors (Lipinski definition) is 6. The van der Waals surface area contributed by atoms with E-state index in [0.717, 1.165) is 10.9 Å². The number of nitrogens with two attached hydrogens (primary N) is 1. The highest BCUT2D eigenvalue weighted by Gasteiger charge is 2.21. The number of carbonyl (C=O) groups is 3. The highest BCUT2D eigenvalue weighted by Crippen LogP contribution is 2.15. The molecule has 1 atom stereocenters. The molecule has 0 saturated heterocycles. The van der Waals surface area contributed by atoms with Gasteiger partial charge in [0, 0.05) is 23.6 Å². The maximum Gasteiger partial charge on any atom is 0.326 e. The number of para-hydroxylation sites is 1. The van der Waals surface area contributed by atoms with Crippen LogP contribution in [0.3, 0.4) is 0 Å². The first-order chi connectivity index (χ1) is 15.5. The quantitative estimate of drug-likeness (QED) is 0.145. The molecule has 10 heteroatoms. The van der Waals surface area contributed by atoms with E-state index in [1.807, 2.05) is 30.3 Å². The summed E-state index contributed by atoms with van der Waals surface area (Å²) in [7, 11) is 0. The Balaban J connectivity index is 1.58. The summed E-state index contributed by atoms with van der Waals surface area (Å²) in [6, 6.07) is 14.5. The van der Waals surface area contributed by atoms with E-state index < -0.39 is 23.8 Å². The van der Waals surface area contributed by atoms with Gasteiger partial charge in [0.1, 0.15) is 12.4 Å². The Labute approximate surface area is 183 Å². The summed E-state index contributed by atoms with van der Waals surface area (Å²) < 4.78 is 0. The van der Waals surface area contributed by atoms with Crippen molar-refractivity contribution in [3.63, 3.8) is 0 Å². The summed E-state index contributed by atoms with van der Waals surface area (Å²) in [5.41, 5.74) is 4.52. The number of hydrogen-bond donors (Lipinski definition) is 5. The molecule has 3 aromatic rings. The van der Waals surface area contributed by atoms with Crippen molar-refractivity contribution in [1.29, 1.82) is 0 Å². The first-order valence-electron chi connectivity index (χ1n) is 9.69. The fourth-order valence-corrected chi connectivity index (χ4v) is 3.01. The molecular formula is C22H22N6O4. The Morgan fingerprint density at radius 2 is 1.94 bits per heavy atom. The second kappa shape index (κ2) is 10.6. The molecule has 2 amide bonds. The van der Waals surface area contributed by atoms with Crippen molar-refractivity contribution >= 4 is 40.7 Å². The number of rotatable bonds is 9. The highest BCUT2D eigenvalue weighted by atomic mass is 16.4. The number of fused-ring (bicyclic) bond motifs is 1. The lowest BCUT2D eigenvalue weighted by molar-refractivity contribution is -0.141. The van der Waals surface area contributed by atoms with Gasteiger partial charge in [-0.2, -0.15) is 0 Å². The van der Waals surface area contributed by atoms with Gasteiger partial charge in [-0.1, -0.05) is 24.3 Å². The monoisotopic (exact) mass is 434 g/mol. The van der Waals surface area contributed by atoms with E-state index in [1.54, 1.807) is 24.4 Å². The lowest BCUT2D eigenvalue weighted by atomic mass is 10.1. The number of benzene rings is 2. The van der Waals surface area contributed by atoms with Crippen molar-refractivity contribution in [2.24, 2.45) is 10.8 Å². The minimum Gasteiger partial charge on any atom is -0.480 e. The minimum absolute atomic E-state index is 0.0576. The van der Waals surface area contributed by atoms with Crippen molar-refractivity contribution in [1.82, 2.24) is 21.0 Å². The molecular weight excluding hydrogens is 412 g/mol. The van der Waals surface area contributed by atoms with Crippen LogP contribution < -0.4 is 21.9 Å². The zero-order valence-electron chi connectivity index (χ0n) is 17.0. The average molecular weight is 434 g/mol. The van der Waals surface area contributed by atoms with E-state index >= 15 is 0 Å². The molecule has 0 fully saturated rings. The van der Waals surface area contributed by atoms with Crippen LogP contribution in [0.5, 0.6) is 0 Å². The smallest absolute Gasteiger partial charge is 0.326 e. The number of carbonyl (C=O) groups excluding carboxylic acids is 2. The molecule has 3 rings (SSSR count). The third kappa shape index (κ3) is 6.09. The molecule has 0 aliphatic heterocycles. The van der Waals surface area contributed by atoms with Crippen LogP contribution in [0.4, 0.5) is 5.69 Å². The minimum atomic E-state index is -1.18. The van der Waals surface area contributed by atoms with E-state index in [-0.39, 0.29) is 13.0 Å². The van der Waals surface area contributed by atoms with Crippen LogP contribution in [0.25, 0.3) is 10.9 Å². The van der Waals surface area contributed by atoms with E-state index in [1.165, 1.54) is 12.4 Å². The standard InChI is InChI=1S/C22H22N6O4/c23-27-13-26-17-6-3-5-16(10-17)21(30)25-12-20(29)28-19(22(31)32)9-14-8-15-4-1-2-7-18(15)24-11-14/h1-8,10-11,13,19H,9,12,23H2,(H,25,30)(H,26,27)(H,28,29)(H,31,32). The van der Waals surface area contributed by atoms with Gasteiger partial charge in [0.2, 0.25) is 5.91 Å². The second-order valence-corrected chi connectivity index (χ2v) is 6.86. The van der Waals surface area contributed by atoms with Gasteiger partial charge in [-0.25, -0.2) is 15.6 Å². The summed E-state index contributed by atoms with van der Waals surface area (Å²) in [5.74, 6) is 2.82. The van der Waals surface area contributed by atoms with Gasteiger partial charge in [-0.3, -0.25) is 14.6 Å². The molecule has 0 aliphatic rings. The first kappa shape index (κ1) is 22.4. The van der Waals surface area contributed by atoms with Gasteiger partial charge in [-0.15, -0.1) is 0 Å². The number of carboxylic acids is 1. The first-order valence-corrected chi connectivity index (χ1v) is 9.69. The molecule has 0 radical (unpaired) electrons. The van der Waals surface area contributed by atoms with Crippen molar-refractivity contribution in [3.05, 3.63) is 71.9 Å². The third-order valence-corrected chi connectivity index (χ3v) is 4.53. The van der Waals surface area contributed by atoms with E-state index in [2.05, 4.69) is 26.0 Å². The van der Waals surface area contributed by atoms with E-state index in [9.17, 15) is 19.5 Å². The maximum atomic E-state index is 12.3. The molecule has 2 aromatic carbocycles. The summed E-state index contributed by atoms with van der Waals surface area (Å²) in [6.45, 7) is -0.379. The van der Waals surface area contributed by atoms with Crippen molar-refractivity contribution in [2.75, 3.05) is 6.54 Å². The van der Waals surface area contributed by atoms with Crippen LogP contribution in [-0.2, 0) is 16.0 Å². The van der Waals surface area contributed by atoms with Gasteiger partial charge in [0.15, 0.2) is 0 Å². The predicted molar refractivity (Wildman–Crippen MR) is 119 cm³/mol. The summed E-state index contributed by atoms with van der Waals surface area (Å²) >= 11 is 0. The fraction of sp³-hybridized carbons (Fsp3) is 0.136. The number of hydrazine groups is 1. The molecule has 0 saturated carbocycles. The van der Waals surface area contributed by atoms with Crippen LogP contribution in [0, 0.1) is 0 Å². The van der Waals surface area contributed by atoms with Crippen LogP contribution >= 0.6 is 0 Å². The summed E-state index contributed by atoms with van der Waals surface area (Å²) in [6.07, 6.45) is 2.91. The second-order valence-electron chi connectivity index (χ2n) is 6.86. The Hall–Kier alpha value is -4.31. The van der Waals surface area contributed by atoms with Crippen molar-refractivity contribution in [2.45, 2.75) is 12.5 Å². The summed E-state index contributed by atoms with van der Waals surface area (Å²) in [4.78, 5) is 44.5. The molecule has 6 N–H and O–H groups in total. The largest absolute Gasteiger partial charge is 0.480 e. The third-order valence-electron chi connectivity index (χ3n) is 4.53. The predicted octanol–water partition coefficient (Wildman–Crippen LogP) is 0.900. The Morgan fingerprint density at radius 3 is 2.72 bits per heavy atom. The SMILES string of the molecule is NNC=Nc1cccc(C(=O)NCC(=O)NC(Cc2cnc3ccccc3c2)C(=O)O)c1. The van der Waals surface area contributed by atoms with Gasteiger partial charge in [0.25, 0.3) is 5.91 Å². The lowest BCUT2D eigenvalue weighted by Gasteiger charge is -2.15. The summed E-state index contributed by atoms with van der Waals surface area (Å²) in [5, 5.41) is 15.3. The molecule has 10 nitrogen and oxygen atoms in total. The number of amides is 2. The lowest BCUT2D eigenvalue weighted by Crippen LogP contribution is -2.46. The normalized spacial score (nSPS) is 11.8. The van der Waals surface area contributed by atoms with Gasteiger partial charge < -0.3 is 21.2 Å². The van der Waals surface area contributed by atoms with Crippen LogP contribution in [0.2, 0.25) is 0 Å². The number of aromatic nitrogens is 1. The highest BCUT2D eigenvalue weighted by molar-refractivity contribution is 5.97. The average Bonchev–Trinajstić information content (AvgIpc) is 2.80. The number of aliphatic carboxylic acids is 1. The molecule has 1 unspecified atom stereocenters. The molecule has 0 bridgehead atoms. The van der Waals surface area contributed by atoms with Gasteiger partial charge in [-0.05, 0) is 35.9 Å². The van der Waals surface area contributed by atoms with Crippen LogP contribution in [0.1, 0.15) is 15.9 Å². The molecule has 164 valence electrons. The van der Waals surface area contributed by atoms with Gasteiger partial charge >= 0.3 is 5.97 Å². The Kier molecular flexibility index (Phi) is 7.44. The number of nitrogens with one attached hydrogen (secondary N) is 3. The molecule has 0 aliphatic carbocycles. The zero-order valence-corrected chi connectivity index (χ0v) is 17.0. The topological polar surface area (TPSA) is 159 Å². The molecule has 1 aromatic heterocycles. The Bertz CT molecular complexity index is 1160. The number of nitrogens with zero attached hydrogens (tertiary/aromatic N) is 2. The fourth-order valence-electron chi connectivity index (χ4n) is 3.01. The van der Waals surface area contributed by atoms with Crippen LogP contribution in [0.15, 0.2) is 65.8 Å². The number of pyridine rings is 1. The van der Waals surface area contributed by atoms with E-state index in [0.29, 0.717) is 16.8 Å². The zero-order chi connectivity index (χ0) is 22.9. The number of aliphatic imine (C=N–C) groups is 1. The van der Waals surface area contributed by atoms with Gasteiger partial charge in [0.05, 0.1) is 17.7 Å². The number of carboxylic acid groups (broad SMARTS) is 1. The maximum absolute atomic E-state index is 12.3.